The zero-order chi connectivity index (χ0) is 23.5. The summed E-state index contributed by atoms with van der Waals surface area (Å²) in [6.45, 7) is 1.94. The smallest absolute Gasteiger partial charge is 0.278 e. The molecular formula is C26H23FN2O4. The number of carbonyl (C=O) groups is 2. The number of hydrogen-bond donors (Lipinski definition) is 1. The Balaban J connectivity index is 1.77. The molecule has 3 aromatic rings. The summed E-state index contributed by atoms with van der Waals surface area (Å²) < 4.78 is 24.0. The molecule has 0 saturated carbocycles. The predicted molar refractivity (Wildman–Crippen MR) is 123 cm³/mol. The molecule has 2 amide bonds. The highest BCUT2D eigenvalue weighted by molar-refractivity contribution is 6.36. The van der Waals surface area contributed by atoms with E-state index in [1.807, 2.05) is 19.1 Å². The molecule has 0 spiro atoms. The zero-order valence-corrected chi connectivity index (χ0v) is 18.5. The summed E-state index contributed by atoms with van der Waals surface area (Å²) in [5.74, 6) is -0.125. The minimum absolute atomic E-state index is 0.0216. The topological polar surface area (TPSA) is 67.9 Å². The summed E-state index contributed by atoms with van der Waals surface area (Å²) in [6, 6.07) is 18.2. The molecule has 7 heteroatoms. The second kappa shape index (κ2) is 9.16. The Kier molecular flexibility index (Phi) is 6.13. The number of benzene rings is 3. The van der Waals surface area contributed by atoms with E-state index in [0.29, 0.717) is 28.3 Å². The van der Waals surface area contributed by atoms with E-state index in [-0.39, 0.29) is 23.6 Å². The number of carbonyl (C=O) groups excluding carboxylic acids is 2. The van der Waals surface area contributed by atoms with Crippen LogP contribution in [0.15, 0.2) is 72.4 Å². The van der Waals surface area contributed by atoms with Gasteiger partial charge >= 0.3 is 0 Å². The molecule has 168 valence electrons. The molecule has 4 rings (SSSR count). The number of anilines is 1. The van der Waals surface area contributed by atoms with Gasteiger partial charge in [0.05, 0.1) is 32.0 Å². The van der Waals surface area contributed by atoms with Gasteiger partial charge in [-0.15, -0.1) is 0 Å². The molecule has 3 aromatic carbocycles. The number of rotatable bonds is 7. The van der Waals surface area contributed by atoms with Crippen LogP contribution in [0.2, 0.25) is 0 Å². The first-order chi connectivity index (χ1) is 15.9. The number of amides is 2. The number of hydrogen-bond acceptors (Lipinski definition) is 5. The van der Waals surface area contributed by atoms with Gasteiger partial charge in [0.15, 0.2) is 0 Å². The molecule has 0 fully saturated rings. The Morgan fingerprint density at radius 2 is 1.58 bits per heavy atom. The van der Waals surface area contributed by atoms with Crippen LogP contribution in [0.4, 0.5) is 10.1 Å². The molecule has 6 nitrogen and oxygen atoms in total. The minimum atomic E-state index is -0.473. The summed E-state index contributed by atoms with van der Waals surface area (Å²) in [5.41, 5.74) is 3.14. The van der Waals surface area contributed by atoms with Gasteiger partial charge in [0.2, 0.25) is 0 Å². The molecule has 33 heavy (non-hydrogen) atoms. The lowest BCUT2D eigenvalue weighted by Crippen LogP contribution is -2.32. The van der Waals surface area contributed by atoms with Crippen molar-refractivity contribution in [2.24, 2.45) is 0 Å². The lowest BCUT2D eigenvalue weighted by Gasteiger charge is -2.16. The molecule has 0 bridgehead atoms. The van der Waals surface area contributed by atoms with E-state index in [9.17, 15) is 14.0 Å². The quantitative estimate of drug-likeness (QED) is 0.540. The van der Waals surface area contributed by atoms with E-state index in [0.717, 1.165) is 10.5 Å². The number of halogens is 1. The number of imide groups is 1. The highest BCUT2D eigenvalue weighted by atomic mass is 19.1. The van der Waals surface area contributed by atoms with Crippen LogP contribution in [0, 0.1) is 12.7 Å². The normalized spacial score (nSPS) is 13.5. The van der Waals surface area contributed by atoms with E-state index >= 15 is 0 Å². The Labute approximate surface area is 191 Å². The molecule has 1 N–H and O–H groups in total. The largest absolute Gasteiger partial charge is 0.497 e. The number of aryl methyl sites for hydroxylation is 1. The average molecular weight is 446 g/mol. The highest BCUT2D eigenvalue weighted by Crippen LogP contribution is 2.35. The van der Waals surface area contributed by atoms with Crippen molar-refractivity contribution < 1.29 is 23.5 Å². The molecule has 0 aromatic heterocycles. The highest BCUT2D eigenvalue weighted by Gasteiger charge is 2.39. The van der Waals surface area contributed by atoms with Crippen LogP contribution in [0.25, 0.3) is 5.57 Å². The first kappa shape index (κ1) is 22.1. The van der Waals surface area contributed by atoms with Crippen LogP contribution in [0.5, 0.6) is 11.5 Å². The Hall–Kier alpha value is -4.13. The summed E-state index contributed by atoms with van der Waals surface area (Å²) in [7, 11) is 3.09. The fraction of sp³-hybridized carbons (Fsp3) is 0.154. The second-order valence-corrected chi connectivity index (χ2v) is 7.63. The van der Waals surface area contributed by atoms with Crippen LogP contribution < -0.4 is 14.8 Å². The first-order valence-corrected chi connectivity index (χ1v) is 10.3. The minimum Gasteiger partial charge on any atom is -0.497 e. The second-order valence-electron chi connectivity index (χ2n) is 7.63. The maximum atomic E-state index is 13.4. The van der Waals surface area contributed by atoms with Gasteiger partial charge in [0.1, 0.15) is 23.0 Å². The third-order valence-corrected chi connectivity index (χ3v) is 5.42. The summed E-state index contributed by atoms with van der Waals surface area (Å²) in [6.07, 6.45) is 0. The van der Waals surface area contributed by atoms with E-state index < -0.39 is 11.8 Å². The summed E-state index contributed by atoms with van der Waals surface area (Å²) >= 11 is 0. The fourth-order valence-electron chi connectivity index (χ4n) is 3.69. The van der Waals surface area contributed by atoms with Crippen molar-refractivity contribution in [3.8, 4) is 11.5 Å². The molecular weight excluding hydrogens is 423 g/mol. The van der Waals surface area contributed by atoms with Crippen molar-refractivity contribution in [1.82, 2.24) is 4.90 Å². The summed E-state index contributed by atoms with van der Waals surface area (Å²) in [4.78, 5) is 28.0. The van der Waals surface area contributed by atoms with Crippen molar-refractivity contribution in [2.45, 2.75) is 13.5 Å². The maximum Gasteiger partial charge on any atom is 0.278 e. The van der Waals surface area contributed by atoms with E-state index in [4.69, 9.17) is 9.47 Å². The fourth-order valence-corrected chi connectivity index (χ4v) is 3.69. The number of nitrogens with one attached hydrogen (secondary N) is 1. The Bertz CT molecular complexity index is 1230. The van der Waals surface area contributed by atoms with Gasteiger partial charge in [-0.05, 0) is 60.0 Å². The lowest BCUT2D eigenvalue weighted by atomic mass is 10.0. The third kappa shape index (κ3) is 4.43. The molecule has 1 heterocycles. The third-order valence-electron chi connectivity index (χ3n) is 5.42. The SMILES string of the molecule is COc1ccc(C2=C(Nc3cc(C)ccc3OC)C(=O)N(Cc3ccc(F)cc3)C2=O)cc1. The molecule has 0 atom stereocenters. The lowest BCUT2D eigenvalue weighted by molar-refractivity contribution is -0.137. The van der Waals surface area contributed by atoms with Crippen molar-refractivity contribution in [2.75, 3.05) is 19.5 Å². The van der Waals surface area contributed by atoms with Crippen LogP contribution in [-0.4, -0.2) is 30.9 Å². The van der Waals surface area contributed by atoms with Gasteiger partial charge in [-0.1, -0.05) is 30.3 Å². The van der Waals surface area contributed by atoms with E-state index in [2.05, 4.69) is 5.32 Å². The van der Waals surface area contributed by atoms with Gasteiger partial charge in [0, 0.05) is 0 Å². The van der Waals surface area contributed by atoms with Crippen LogP contribution >= 0.6 is 0 Å². The standard InChI is InChI=1S/C26H23FN2O4/c1-16-4-13-22(33-3)21(14-16)28-24-23(18-7-11-20(32-2)12-8-18)25(30)29(26(24)31)15-17-5-9-19(27)10-6-17/h4-14,28H,15H2,1-3H3. The van der Waals surface area contributed by atoms with Gasteiger partial charge in [-0.3, -0.25) is 14.5 Å². The predicted octanol–water partition coefficient (Wildman–Crippen LogP) is 4.54. The Morgan fingerprint density at radius 3 is 2.21 bits per heavy atom. The average Bonchev–Trinajstić information content (AvgIpc) is 3.05. The number of methoxy groups -OCH3 is 2. The van der Waals surface area contributed by atoms with Gasteiger partial charge in [0.25, 0.3) is 11.8 Å². The monoisotopic (exact) mass is 446 g/mol. The summed E-state index contributed by atoms with van der Waals surface area (Å²) in [5, 5.41) is 3.13. The molecule has 0 radical (unpaired) electrons. The molecule has 0 aliphatic carbocycles. The maximum absolute atomic E-state index is 13.4. The zero-order valence-electron chi connectivity index (χ0n) is 18.5. The Morgan fingerprint density at radius 1 is 0.879 bits per heavy atom. The van der Waals surface area contributed by atoms with Crippen LogP contribution in [-0.2, 0) is 16.1 Å². The van der Waals surface area contributed by atoms with Crippen molar-refractivity contribution in [3.05, 3.63) is 94.9 Å². The van der Waals surface area contributed by atoms with E-state index in [1.54, 1.807) is 49.6 Å². The molecule has 1 aliphatic heterocycles. The van der Waals surface area contributed by atoms with Gasteiger partial charge in [-0.2, -0.15) is 0 Å². The number of nitrogens with zero attached hydrogens (tertiary/aromatic N) is 1. The van der Waals surface area contributed by atoms with Crippen molar-refractivity contribution >= 4 is 23.1 Å². The van der Waals surface area contributed by atoms with Crippen molar-refractivity contribution in [3.63, 3.8) is 0 Å². The van der Waals surface area contributed by atoms with Crippen LogP contribution in [0.1, 0.15) is 16.7 Å². The molecule has 1 aliphatic rings. The molecule has 0 unspecified atom stereocenters. The van der Waals surface area contributed by atoms with Crippen LogP contribution in [0.3, 0.4) is 0 Å². The van der Waals surface area contributed by atoms with Gasteiger partial charge < -0.3 is 14.8 Å². The van der Waals surface area contributed by atoms with Gasteiger partial charge in [-0.25, -0.2) is 4.39 Å². The first-order valence-electron chi connectivity index (χ1n) is 10.3. The molecule has 0 saturated heterocycles. The number of ether oxygens (including phenoxy) is 2. The van der Waals surface area contributed by atoms with E-state index in [1.165, 1.54) is 19.2 Å². The van der Waals surface area contributed by atoms with Crippen molar-refractivity contribution in [1.29, 1.82) is 0 Å².